The van der Waals surface area contributed by atoms with Gasteiger partial charge in [-0.15, -0.1) is 0 Å². The quantitative estimate of drug-likeness (QED) is 0.0996. The van der Waals surface area contributed by atoms with E-state index in [4.69, 9.17) is 9.98 Å². The van der Waals surface area contributed by atoms with Gasteiger partial charge in [-0.25, -0.2) is 9.98 Å². The maximum absolute atomic E-state index is 5.18. The Kier molecular flexibility index (Phi) is 10.9. The van der Waals surface area contributed by atoms with Gasteiger partial charge >= 0.3 is 0 Å². The minimum Gasteiger partial charge on any atom is -0.262 e. The largest absolute Gasteiger partial charge is 0.262 e. The number of aliphatic imine (C=N–C) groups is 3. The fraction of sp³-hybridized carbons (Fsp3) is 0.0755. The summed E-state index contributed by atoms with van der Waals surface area (Å²) in [7, 11) is 0. The van der Waals surface area contributed by atoms with E-state index in [1.807, 2.05) is 18.2 Å². The van der Waals surface area contributed by atoms with E-state index in [0.29, 0.717) is 18.2 Å². The molecule has 8 rings (SSSR count). The van der Waals surface area contributed by atoms with Crippen molar-refractivity contribution in [1.82, 2.24) is 0 Å². The molecule has 7 aromatic carbocycles. The van der Waals surface area contributed by atoms with Crippen molar-refractivity contribution in [1.29, 1.82) is 0 Å². The molecule has 0 spiro atoms. The van der Waals surface area contributed by atoms with Crippen molar-refractivity contribution in [3.05, 3.63) is 228 Å². The van der Waals surface area contributed by atoms with E-state index in [1.54, 1.807) is 0 Å². The van der Waals surface area contributed by atoms with Gasteiger partial charge in [0.05, 0.1) is 6.54 Å². The van der Waals surface area contributed by atoms with E-state index in [-0.39, 0.29) is 0 Å². The topological polar surface area (TPSA) is 37.1 Å². The molecule has 1 aliphatic carbocycles. The summed E-state index contributed by atoms with van der Waals surface area (Å²) in [5.74, 6) is 1.23. The second-order valence-electron chi connectivity index (χ2n) is 14.1. The van der Waals surface area contributed by atoms with E-state index in [9.17, 15) is 0 Å². The second-order valence-corrected chi connectivity index (χ2v) is 14.1. The number of hydrogen-bond acceptors (Lipinski definition) is 1. The lowest BCUT2D eigenvalue weighted by atomic mass is 9.91. The van der Waals surface area contributed by atoms with E-state index in [1.165, 1.54) is 49.5 Å². The molecule has 0 saturated heterocycles. The zero-order valence-electron chi connectivity index (χ0n) is 31.5. The first-order valence-electron chi connectivity index (χ1n) is 19.2. The number of rotatable bonds is 10. The lowest BCUT2D eigenvalue weighted by molar-refractivity contribution is 0.941. The van der Waals surface area contributed by atoms with Crippen LogP contribution in [0.4, 0.5) is 0 Å². The van der Waals surface area contributed by atoms with Gasteiger partial charge in [-0.2, -0.15) is 0 Å². The summed E-state index contributed by atoms with van der Waals surface area (Å²) in [6.07, 6.45) is 11.1. The highest BCUT2D eigenvalue weighted by Gasteiger charge is 2.16. The van der Waals surface area contributed by atoms with Crippen molar-refractivity contribution in [2.45, 2.75) is 25.8 Å². The van der Waals surface area contributed by atoms with Crippen LogP contribution in [-0.4, -0.2) is 18.4 Å². The summed E-state index contributed by atoms with van der Waals surface area (Å²) in [4.78, 5) is 14.7. The van der Waals surface area contributed by atoms with E-state index in [0.717, 1.165) is 46.9 Å². The molecule has 0 unspecified atom stereocenters. The van der Waals surface area contributed by atoms with E-state index < -0.39 is 0 Å². The maximum atomic E-state index is 5.18. The summed E-state index contributed by atoms with van der Waals surface area (Å²) in [5, 5.41) is 4.80. The zero-order chi connectivity index (χ0) is 38.1. The van der Waals surface area contributed by atoms with Gasteiger partial charge in [0.1, 0.15) is 0 Å². The number of amidine groups is 2. The van der Waals surface area contributed by atoms with Gasteiger partial charge in [-0.1, -0.05) is 176 Å². The lowest BCUT2D eigenvalue weighted by Gasteiger charge is -2.17. The van der Waals surface area contributed by atoms with Gasteiger partial charge < -0.3 is 0 Å². The van der Waals surface area contributed by atoms with Crippen LogP contribution < -0.4 is 0 Å². The fourth-order valence-electron chi connectivity index (χ4n) is 7.28. The van der Waals surface area contributed by atoms with Crippen molar-refractivity contribution < 1.29 is 0 Å². The number of hydrogen-bond donors (Lipinski definition) is 0. The van der Waals surface area contributed by atoms with Crippen LogP contribution in [0.1, 0.15) is 29.5 Å². The molecule has 0 radical (unpaired) electrons. The highest BCUT2D eigenvalue weighted by atomic mass is 15.0. The normalized spacial score (nSPS) is 13.7. The molecule has 0 amide bonds. The Hall–Kier alpha value is -6.97. The standard InChI is InChI=1S/C53H43N3/c1-3-40-24-32-51(35-46(40)19-11-14-38-12-5-4-6-13-38)53(56-52(54-2)50-33-30-42-16-8-10-18-48(42)36-50)55-37-39-20-22-43(23-21-39)44-25-27-45(28-26-44)49-31-29-41-15-7-9-17-47(41)34-49/h3-13,15-23,25-31,33-36H,1-2,14,24,32,37H2/b19-11-,55-53-,56-52-. The van der Waals surface area contributed by atoms with Crippen molar-refractivity contribution in [2.24, 2.45) is 15.0 Å². The van der Waals surface area contributed by atoms with Crippen molar-refractivity contribution >= 4 is 39.9 Å². The SMILES string of the molecule is C=CC1=C(/C=C\Cc2ccccc2)C=C(C(=N/Cc2ccc(-c3ccc(-c4ccc5ccccc5c4)cc3)cc2)/N=C(\N=C)c2ccc3ccccc3c2)CC1. The van der Waals surface area contributed by atoms with Crippen LogP contribution in [0.25, 0.3) is 43.8 Å². The third kappa shape index (κ3) is 8.38. The molecule has 270 valence electrons. The van der Waals surface area contributed by atoms with E-state index in [2.05, 4.69) is 188 Å². The van der Waals surface area contributed by atoms with Crippen LogP contribution in [0.5, 0.6) is 0 Å². The van der Waals surface area contributed by atoms with Crippen molar-refractivity contribution in [2.75, 3.05) is 0 Å². The molecule has 0 aromatic heterocycles. The molecule has 0 atom stereocenters. The predicted molar refractivity (Wildman–Crippen MR) is 240 cm³/mol. The number of benzene rings is 7. The third-order valence-electron chi connectivity index (χ3n) is 10.4. The summed E-state index contributed by atoms with van der Waals surface area (Å²) < 4.78 is 0. The molecule has 56 heavy (non-hydrogen) atoms. The van der Waals surface area contributed by atoms with Crippen LogP contribution in [0.15, 0.2) is 226 Å². The molecular formula is C53H43N3. The van der Waals surface area contributed by atoms with Gasteiger partial charge in [0.25, 0.3) is 0 Å². The third-order valence-corrected chi connectivity index (χ3v) is 10.4. The molecular weight excluding hydrogens is 679 g/mol. The van der Waals surface area contributed by atoms with E-state index >= 15 is 0 Å². The minimum absolute atomic E-state index is 0.483. The van der Waals surface area contributed by atoms with Crippen molar-refractivity contribution in [3.8, 4) is 22.3 Å². The fourth-order valence-corrected chi connectivity index (χ4v) is 7.28. The molecule has 1 aliphatic rings. The van der Waals surface area contributed by atoms with Gasteiger partial charge in [-0.3, -0.25) is 4.99 Å². The number of nitrogens with zero attached hydrogens (tertiary/aromatic N) is 3. The highest BCUT2D eigenvalue weighted by molar-refractivity contribution is 6.13. The first-order chi connectivity index (χ1) is 27.6. The smallest absolute Gasteiger partial charge is 0.161 e. The van der Waals surface area contributed by atoms with Crippen LogP contribution >= 0.6 is 0 Å². The van der Waals surface area contributed by atoms with Gasteiger partial charge in [0.15, 0.2) is 11.7 Å². The summed E-state index contributed by atoms with van der Waals surface area (Å²) >= 11 is 0. The monoisotopic (exact) mass is 721 g/mol. The molecule has 0 saturated carbocycles. The Labute approximate surface area is 329 Å². The molecule has 0 fully saturated rings. The first kappa shape index (κ1) is 36.0. The maximum Gasteiger partial charge on any atom is 0.161 e. The van der Waals surface area contributed by atoms with Gasteiger partial charge in [0, 0.05) is 5.56 Å². The molecule has 0 heterocycles. The van der Waals surface area contributed by atoms with Crippen LogP contribution in [-0.2, 0) is 13.0 Å². The Morgan fingerprint density at radius 3 is 1.82 bits per heavy atom. The second kappa shape index (κ2) is 17.0. The lowest BCUT2D eigenvalue weighted by Crippen LogP contribution is -2.10. The zero-order valence-corrected chi connectivity index (χ0v) is 31.5. The average molecular weight is 722 g/mol. The van der Waals surface area contributed by atoms with Gasteiger partial charge in [0.2, 0.25) is 0 Å². The Morgan fingerprint density at radius 2 is 1.14 bits per heavy atom. The van der Waals surface area contributed by atoms with Crippen LogP contribution in [0.3, 0.4) is 0 Å². The van der Waals surface area contributed by atoms with Crippen molar-refractivity contribution in [3.63, 3.8) is 0 Å². The predicted octanol–water partition coefficient (Wildman–Crippen LogP) is 13.4. The van der Waals surface area contributed by atoms with Crippen LogP contribution in [0, 0.1) is 0 Å². The molecule has 3 nitrogen and oxygen atoms in total. The average Bonchev–Trinajstić information content (AvgIpc) is 3.27. The van der Waals surface area contributed by atoms with Gasteiger partial charge in [-0.05, 0) is 116 Å². The molecule has 7 aromatic rings. The highest BCUT2D eigenvalue weighted by Crippen LogP contribution is 2.30. The summed E-state index contributed by atoms with van der Waals surface area (Å²) in [5.41, 5.74) is 11.5. The first-order valence-corrected chi connectivity index (χ1v) is 19.2. The Bertz CT molecular complexity index is 2690. The number of allylic oxidation sites excluding steroid dienone is 6. The minimum atomic E-state index is 0.483. The molecule has 0 N–H and O–H groups in total. The summed E-state index contributed by atoms with van der Waals surface area (Å²) in [6.45, 7) is 8.54. The molecule has 3 heteroatoms. The molecule has 0 bridgehead atoms. The summed E-state index contributed by atoms with van der Waals surface area (Å²) in [6, 6.07) is 57.8. The Morgan fingerprint density at radius 1 is 0.554 bits per heavy atom. The Balaban J connectivity index is 1.07. The van der Waals surface area contributed by atoms with Crippen LogP contribution in [0.2, 0.25) is 0 Å². The molecule has 0 aliphatic heterocycles. The number of fused-ring (bicyclic) bond motifs is 2.